The Morgan fingerprint density at radius 3 is 2.60 bits per heavy atom. The summed E-state index contributed by atoms with van der Waals surface area (Å²) in [5.41, 5.74) is 0.850. The van der Waals surface area contributed by atoms with Crippen molar-refractivity contribution in [2.24, 2.45) is 5.10 Å². The number of hydrogen-bond acceptors (Lipinski definition) is 6. The molecule has 0 amide bonds. The number of pyridine rings is 1. The Labute approximate surface area is 155 Å². The lowest BCUT2D eigenvalue weighted by molar-refractivity contribution is -0.486. The third-order valence-corrected chi connectivity index (χ3v) is 6.90. The van der Waals surface area contributed by atoms with E-state index in [0.717, 1.165) is 5.56 Å². The number of hydrogen-bond donors (Lipinski definition) is 0. The van der Waals surface area contributed by atoms with Crippen molar-refractivity contribution in [3.05, 3.63) is 39.2 Å². The Morgan fingerprint density at radius 1 is 1.40 bits per heavy atom. The van der Waals surface area contributed by atoms with Crippen LogP contribution in [0.1, 0.15) is 19.4 Å². The van der Waals surface area contributed by atoms with Crippen LogP contribution >= 0.6 is 18.2 Å². The molecule has 0 saturated carbocycles. The molecule has 1 aromatic heterocycles. The van der Waals surface area contributed by atoms with Crippen molar-refractivity contribution in [3.63, 3.8) is 0 Å². The summed E-state index contributed by atoms with van der Waals surface area (Å²) in [6.07, 6.45) is 1.62. The molecule has 0 radical (unpaired) electrons. The molecule has 0 bridgehead atoms. The molecule has 0 N–H and O–H groups in total. The summed E-state index contributed by atoms with van der Waals surface area (Å²) in [7, 11) is 0. The molecule has 0 aliphatic carbocycles. The standard InChI is InChI=1S/C13H19ClN5O4PS/c1-3-22-24(25,23-4-2)18-8-7-17(13(18)16-19(20)21)10-11-5-6-12(14)15-9-11/h5-6,9H,3-4,7-8,10H2,1-2H3. The predicted molar refractivity (Wildman–Crippen MR) is 98.3 cm³/mol. The molecule has 12 heteroatoms. The summed E-state index contributed by atoms with van der Waals surface area (Å²) in [5.74, 6) is 0.144. The van der Waals surface area contributed by atoms with Crippen LogP contribution in [-0.2, 0) is 27.4 Å². The van der Waals surface area contributed by atoms with E-state index in [9.17, 15) is 10.1 Å². The number of hydrazone groups is 1. The van der Waals surface area contributed by atoms with Crippen molar-refractivity contribution in [1.29, 1.82) is 0 Å². The second-order valence-electron chi connectivity index (χ2n) is 4.98. The van der Waals surface area contributed by atoms with Gasteiger partial charge in [0.05, 0.1) is 13.2 Å². The molecule has 138 valence electrons. The SMILES string of the molecule is CCOP(=S)(OCC)N1CCN(Cc2ccc(Cl)nc2)C1=N[N+](=O)[O-]. The summed E-state index contributed by atoms with van der Waals surface area (Å²) in [4.78, 5) is 16.8. The Hall–Kier alpha value is -1.32. The normalized spacial score (nSPS) is 16.7. The molecule has 0 unspecified atom stereocenters. The van der Waals surface area contributed by atoms with Crippen molar-refractivity contribution in [3.8, 4) is 0 Å². The number of guanidine groups is 1. The maximum Gasteiger partial charge on any atom is 0.292 e. The van der Waals surface area contributed by atoms with E-state index in [-0.39, 0.29) is 5.96 Å². The Morgan fingerprint density at radius 2 is 2.08 bits per heavy atom. The zero-order valence-electron chi connectivity index (χ0n) is 13.9. The fourth-order valence-corrected chi connectivity index (χ4v) is 5.31. The summed E-state index contributed by atoms with van der Waals surface area (Å²) in [5, 5.41) is 14.2. The minimum absolute atomic E-state index is 0.144. The maximum absolute atomic E-state index is 11.0. The second kappa shape index (κ2) is 8.86. The minimum atomic E-state index is -2.88. The van der Waals surface area contributed by atoms with Crippen LogP contribution in [0, 0.1) is 10.1 Å². The molecule has 1 fully saturated rings. The van der Waals surface area contributed by atoms with Gasteiger partial charge in [-0.15, -0.1) is 0 Å². The molecule has 0 atom stereocenters. The van der Waals surface area contributed by atoms with Crippen molar-refractivity contribution in [2.75, 3.05) is 26.3 Å². The molecular formula is C13H19ClN5O4PS. The van der Waals surface area contributed by atoms with E-state index in [1.807, 2.05) is 6.07 Å². The molecule has 1 aromatic rings. The number of nitro groups is 1. The van der Waals surface area contributed by atoms with E-state index in [0.29, 0.717) is 38.0 Å². The highest BCUT2D eigenvalue weighted by atomic mass is 35.5. The monoisotopic (exact) mass is 407 g/mol. The summed E-state index contributed by atoms with van der Waals surface area (Å²) < 4.78 is 12.9. The van der Waals surface area contributed by atoms with Gasteiger partial charge in [0.15, 0.2) is 5.03 Å². The van der Waals surface area contributed by atoms with Gasteiger partial charge in [-0.25, -0.2) is 15.1 Å². The van der Waals surface area contributed by atoms with Crippen LogP contribution in [-0.4, -0.2) is 51.8 Å². The summed E-state index contributed by atoms with van der Waals surface area (Å²) >= 11 is 11.3. The van der Waals surface area contributed by atoms with E-state index in [4.69, 9.17) is 32.5 Å². The van der Waals surface area contributed by atoms with Gasteiger partial charge in [0.1, 0.15) is 10.3 Å². The second-order valence-corrected chi connectivity index (χ2v) is 8.68. The summed E-state index contributed by atoms with van der Waals surface area (Å²) in [6.45, 7) is 2.76. The highest BCUT2D eigenvalue weighted by molar-refractivity contribution is 8.09. The predicted octanol–water partition coefficient (Wildman–Crippen LogP) is 2.70. The molecule has 0 aromatic carbocycles. The average Bonchev–Trinajstić information content (AvgIpc) is 2.93. The van der Waals surface area contributed by atoms with Gasteiger partial charge in [0.25, 0.3) is 12.6 Å². The third kappa shape index (κ3) is 5.08. The Kier molecular flexibility index (Phi) is 7.09. The highest BCUT2D eigenvalue weighted by Gasteiger charge is 2.40. The molecule has 25 heavy (non-hydrogen) atoms. The first-order valence-electron chi connectivity index (χ1n) is 7.65. The first kappa shape index (κ1) is 20.0. The largest absolute Gasteiger partial charge is 0.331 e. The fourth-order valence-electron chi connectivity index (χ4n) is 2.37. The molecule has 2 heterocycles. The molecule has 0 spiro atoms. The van der Waals surface area contributed by atoms with Crippen molar-refractivity contribution in [2.45, 2.75) is 20.4 Å². The van der Waals surface area contributed by atoms with E-state index in [1.54, 1.807) is 35.7 Å². The van der Waals surface area contributed by atoms with Gasteiger partial charge < -0.3 is 13.9 Å². The van der Waals surface area contributed by atoms with Gasteiger partial charge >= 0.3 is 0 Å². The molecule has 1 aliphatic heterocycles. The smallest absolute Gasteiger partial charge is 0.292 e. The van der Waals surface area contributed by atoms with Crippen molar-refractivity contribution in [1.82, 2.24) is 14.6 Å². The van der Waals surface area contributed by atoms with Crippen LogP contribution in [0.3, 0.4) is 0 Å². The number of rotatable bonds is 8. The van der Waals surface area contributed by atoms with E-state index < -0.39 is 11.7 Å². The Bertz CT molecular complexity index is 680. The first-order valence-corrected chi connectivity index (χ1v) is 10.6. The van der Waals surface area contributed by atoms with E-state index in [2.05, 4.69) is 10.1 Å². The zero-order valence-corrected chi connectivity index (χ0v) is 16.3. The van der Waals surface area contributed by atoms with E-state index in [1.165, 1.54) is 0 Å². The first-order chi connectivity index (χ1) is 11.9. The van der Waals surface area contributed by atoms with Crippen LogP contribution in [0.4, 0.5) is 0 Å². The van der Waals surface area contributed by atoms with Gasteiger partial charge in [-0.2, -0.15) is 0 Å². The molecule has 1 aliphatic rings. The van der Waals surface area contributed by atoms with Gasteiger partial charge in [0, 0.05) is 25.8 Å². The third-order valence-electron chi connectivity index (χ3n) is 3.31. The lowest BCUT2D eigenvalue weighted by Gasteiger charge is -2.30. The van der Waals surface area contributed by atoms with E-state index >= 15 is 0 Å². The van der Waals surface area contributed by atoms with Crippen LogP contribution in [0.25, 0.3) is 0 Å². The van der Waals surface area contributed by atoms with Crippen molar-refractivity contribution < 1.29 is 14.1 Å². The van der Waals surface area contributed by atoms with Crippen LogP contribution in [0.15, 0.2) is 23.4 Å². The minimum Gasteiger partial charge on any atom is -0.331 e. The van der Waals surface area contributed by atoms with Gasteiger partial charge in [-0.3, -0.25) is 4.67 Å². The topological polar surface area (TPSA) is 93.3 Å². The summed E-state index contributed by atoms with van der Waals surface area (Å²) in [6, 6.07) is 3.47. The molecular weight excluding hydrogens is 389 g/mol. The highest BCUT2D eigenvalue weighted by Crippen LogP contribution is 2.54. The van der Waals surface area contributed by atoms with Crippen LogP contribution in [0.2, 0.25) is 5.15 Å². The number of halogens is 1. The molecule has 9 nitrogen and oxygen atoms in total. The zero-order chi connectivity index (χ0) is 18.4. The van der Waals surface area contributed by atoms with Crippen LogP contribution < -0.4 is 0 Å². The fraction of sp³-hybridized carbons (Fsp3) is 0.538. The quantitative estimate of drug-likeness (QED) is 0.281. The Balaban J connectivity index is 2.29. The molecule has 1 saturated heterocycles. The van der Waals surface area contributed by atoms with Gasteiger partial charge in [-0.05, 0) is 37.3 Å². The number of nitrogens with zero attached hydrogens (tertiary/aromatic N) is 5. The lowest BCUT2D eigenvalue weighted by Crippen LogP contribution is -2.33. The lowest BCUT2D eigenvalue weighted by atomic mass is 10.3. The van der Waals surface area contributed by atoms with Gasteiger partial charge in [0.2, 0.25) is 0 Å². The average molecular weight is 408 g/mol. The van der Waals surface area contributed by atoms with Crippen molar-refractivity contribution >= 4 is 36.0 Å². The number of aromatic nitrogens is 1. The maximum atomic E-state index is 11.0. The van der Waals surface area contributed by atoms with Crippen LogP contribution in [0.5, 0.6) is 0 Å². The van der Waals surface area contributed by atoms with Gasteiger partial charge in [-0.1, -0.05) is 17.7 Å². The molecule has 2 rings (SSSR count).